The van der Waals surface area contributed by atoms with Gasteiger partial charge in [-0.2, -0.15) is 0 Å². The summed E-state index contributed by atoms with van der Waals surface area (Å²) in [5.41, 5.74) is 1.72. The number of nitrogens with zero attached hydrogens (tertiary/aromatic N) is 1. The van der Waals surface area contributed by atoms with Crippen molar-refractivity contribution in [3.8, 4) is 5.75 Å². The number of ether oxygens (including phenoxy) is 1. The molecule has 1 atom stereocenters. The Kier molecular flexibility index (Phi) is 5.33. The largest absolute Gasteiger partial charge is 0.497 e. The van der Waals surface area contributed by atoms with Crippen LogP contribution in [0.5, 0.6) is 5.75 Å². The van der Waals surface area contributed by atoms with E-state index < -0.39 is 11.9 Å². The lowest BCUT2D eigenvalue weighted by atomic mass is 9.94. The molecule has 0 aliphatic rings. The average molecular weight is 350 g/mol. The van der Waals surface area contributed by atoms with Crippen molar-refractivity contribution in [1.29, 1.82) is 0 Å². The van der Waals surface area contributed by atoms with Crippen LogP contribution in [0.25, 0.3) is 0 Å². The molecule has 0 spiro atoms. The predicted octanol–water partition coefficient (Wildman–Crippen LogP) is 3.34. The lowest BCUT2D eigenvalue weighted by Crippen LogP contribution is -2.19. The van der Waals surface area contributed by atoms with Gasteiger partial charge in [0.1, 0.15) is 5.75 Å². The van der Waals surface area contributed by atoms with E-state index in [9.17, 15) is 9.90 Å². The van der Waals surface area contributed by atoms with Crippen LogP contribution in [0, 0.1) is 5.92 Å². The van der Waals surface area contributed by atoms with Crippen molar-refractivity contribution < 1.29 is 14.6 Å². The van der Waals surface area contributed by atoms with Gasteiger partial charge in [0.25, 0.3) is 0 Å². The Hall–Kier alpha value is -1.88. The minimum absolute atomic E-state index is 0.403. The number of carbonyl (C=O) groups is 1. The molecule has 0 fully saturated rings. The minimum Gasteiger partial charge on any atom is -0.497 e. The summed E-state index contributed by atoms with van der Waals surface area (Å²) in [5.74, 6) is -0.591. The first kappa shape index (κ1) is 15.5. The average Bonchev–Trinajstić information content (AvgIpc) is 2.49. The maximum atomic E-state index is 11.5. The smallest absolute Gasteiger partial charge is 0.307 e. The predicted molar refractivity (Wildman–Crippen MR) is 83.5 cm³/mol. The zero-order valence-corrected chi connectivity index (χ0v) is 13.2. The van der Waals surface area contributed by atoms with Crippen molar-refractivity contribution in [3.63, 3.8) is 0 Å². The van der Waals surface area contributed by atoms with Crippen molar-refractivity contribution in [2.75, 3.05) is 7.11 Å². The van der Waals surface area contributed by atoms with E-state index in [4.69, 9.17) is 4.74 Å². The van der Waals surface area contributed by atoms with E-state index in [1.54, 1.807) is 13.3 Å². The quantitative estimate of drug-likeness (QED) is 0.868. The van der Waals surface area contributed by atoms with Crippen LogP contribution in [-0.4, -0.2) is 23.2 Å². The fourth-order valence-electron chi connectivity index (χ4n) is 2.11. The highest BCUT2D eigenvalue weighted by molar-refractivity contribution is 9.10. The fraction of sp³-hybridized carbons (Fsp3) is 0.250. The molecule has 5 heteroatoms. The summed E-state index contributed by atoms with van der Waals surface area (Å²) in [7, 11) is 1.60. The number of carboxylic acid groups (broad SMARTS) is 1. The summed E-state index contributed by atoms with van der Waals surface area (Å²) < 4.78 is 6.04. The Morgan fingerprint density at radius 3 is 2.76 bits per heavy atom. The highest BCUT2D eigenvalue weighted by Gasteiger charge is 2.19. The normalized spacial score (nSPS) is 11.9. The minimum atomic E-state index is -0.817. The summed E-state index contributed by atoms with van der Waals surface area (Å²) in [5, 5.41) is 9.41. The molecular formula is C16H16BrNO3. The molecule has 2 rings (SSSR count). The first-order valence-electron chi connectivity index (χ1n) is 6.54. The molecule has 1 aromatic heterocycles. The van der Waals surface area contributed by atoms with E-state index in [1.165, 1.54) is 0 Å². The molecule has 0 radical (unpaired) electrons. The number of benzene rings is 1. The Morgan fingerprint density at radius 2 is 2.14 bits per heavy atom. The summed E-state index contributed by atoms with van der Waals surface area (Å²) >= 11 is 3.32. The topological polar surface area (TPSA) is 59.4 Å². The first-order valence-corrected chi connectivity index (χ1v) is 7.34. The third-order valence-electron chi connectivity index (χ3n) is 3.21. The summed E-state index contributed by atoms with van der Waals surface area (Å²) in [6, 6.07) is 11.2. The van der Waals surface area contributed by atoms with E-state index >= 15 is 0 Å². The number of methoxy groups -OCH3 is 1. The monoisotopic (exact) mass is 349 g/mol. The van der Waals surface area contributed by atoms with Crippen LogP contribution in [0.1, 0.15) is 11.3 Å². The van der Waals surface area contributed by atoms with Crippen molar-refractivity contribution >= 4 is 21.9 Å². The van der Waals surface area contributed by atoms with Gasteiger partial charge < -0.3 is 9.84 Å². The van der Waals surface area contributed by atoms with Gasteiger partial charge in [-0.25, -0.2) is 0 Å². The lowest BCUT2D eigenvalue weighted by molar-refractivity contribution is -0.141. The van der Waals surface area contributed by atoms with Crippen LogP contribution in [0.15, 0.2) is 47.1 Å². The molecule has 1 heterocycles. The van der Waals surface area contributed by atoms with Gasteiger partial charge in [0.15, 0.2) is 0 Å². The van der Waals surface area contributed by atoms with Crippen molar-refractivity contribution in [1.82, 2.24) is 4.98 Å². The zero-order chi connectivity index (χ0) is 15.2. The fourth-order valence-corrected chi connectivity index (χ4v) is 2.34. The van der Waals surface area contributed by atoms with Crippen molar-refractivity contribution in [2.45, 2.75) is 12.8 Å². The van der Waals surface area contributed by atoms with Crippen LogP contribution in [-0.2, 0) is 17.6 Å². The van der Waals surface area contributed by atoms with Gasteiger partial charge in [-0.3, -0.25) is 9.78 Å². The van der Waals surface area contributed by atoms with E-state index in [2.05, 4.69) is 20.9 Å². The molecular weight excluding hydrogens is 334 g/mol. The second kappa shape index (κ2) is 7.22. The van der Waals surface area contributed by atoms with Gasteiger partial charge >= 0.3 is 5.97 Å². The maximum absolute atomic E-state index is 11.5. The number of pyridine rings is 1. The molecule has 110 valence electrons. The SMILES string of the molecule is COc1cccc(CC(Cc2ccc(Br)cn2)C(=O)O)c1. The molecule has 2 aromatic rings. The molecule has 4 nitrogen and oxygen atoms in total. The molecule has 0 saturated carbocycles. The van der Waals surface area contributed by atoms with Crippen LogP contribution in [0.2, 0.25) is 0 Å². The summed E-state index contributed by atoms with van der Waals surface area (Å²) in [4.78, 5) is 15.7. The number of aromatic nitrogens is 1. The Balaban J connectivity index is 2.11. The van der Waals surface area contributed by atoms with Crippen molar-refractivity contribution in [3.05, 3.63) is 58.3 Å². The van der Waals surface area contributed by atoms with E-state index in [0.29, 0.717) is 12.8 Å². The molecule has 1 N–H and O–H groups in total. The highest BCUT2D eigenvalue weighted by atomic mass is 79.9. The van der Waals surface area contributed by atoms with E-state index in [0.717, 1.165) is 21.5 Å². The van der Waals surface area contributed by atoms with Crippen LogP contribution >= 0.6 is 15.9 Å². The molecule has 1 unspecified atom stereocenters. The van der Waals surface area contributed by atoms with Gasteiger partial charge in [0, 0.05) is 22.8 Å². The summed E-state index contributed by atoms with van der Waals surface area (Å²) in [6.07, 6.45) is 2.53. The second-order valence-electron chi connectivity index (χ2n) is 4.76. The highest BCUT2D eigenvalue weighted by Crippen LogP contribution is 2.19. The molecule has 0 bridgehead atoms. The number of hydrogen-bond acceptors (Lipinski definition) is 3. The van der Waals surface area contributed by atoms with Crippen LogP contribution in [0.3, 0.4) is 0 Å². The number of carboxylic acids is 1. The Labute approximate surface area is 131 Å². The summed E-state index contributed by atoms with van der Waals surface area (Å²) in [6.45, 7) is 0. The Morgan fingerprint density at radius 1 is 1.33 bits per heavy atom. The standard InChI is InChI=1S/C16H16BrNO3/c1-21-15-4-2-3-11(8-15)7-12(16(19)20)9-14-6-5-13(17)10-18-14/h2-6,8,10,12H,7,9H2,1H3,(H,19,20). The Bertz CT molecular complexity index is 613. The third kappa shape index (κ3) is 4.56. The number of halogens is 1. The molecule has 0 aliphatic heterocycles. The number of hydrogen-bond donors (Lipinski definition) is 1. The van der Waals surface area contributed by atoms with Crippen LogP contribution in [0.4, 0.5) is 0 Å². The third-order valence-corrected chi connectivity index (χ3v) is 3.68. The first-order chi connectivity index (χ1) is 10.1. The van der Waals surface area contributed by atoms with Crippen LogP contribution < -0.4 is 4.74 Å². The van der Waals surface area contributed by atoms with Crippen molar-refractivity contribution in [2.24, 2.45) is 5.92 Å². The molecule has 0 aliphatic carbocycles. The molecule has 21 heavy (non-hydrogen) atoms. The van der Waals surface area contributed by atoms with Gasteiger partial charge in [-0.15, -0.1) is 0 Å². The van der Waals surface area contributed by atoms with E-state index in [-0.39, 0.29) is 0 Å². The van der Waals surface area contributed by atoms with E-state index in [1.807, 2.05) is 36.4 Å². The van der Waals surface area contributed by atoms with Gasteiger partial charge in [0.05, 0.1) is 13.0 Å². The lowest BCUT2D eigenvalue weighted by Gasteiger charge is -2.13. The van der Waals surface area contributed by atoms with Gasteiger partial charge in [-0.1, -0.05) is 12.1 Å². The second-order valence-corrected chi connectivity index (χ2v) is 5.68. The van der Waals surface area contributed by atoms with Gasteiger partial charge in [0.2, 0.25) is 0 Å². The maximum Gasteiger partial charge on any atom is 0.307 e. The number of aliphatic carboxylic acids is 1. The molecule has 0 saturated heterocycles. The zero-order valence-electron chi connectivity index (χ0n) is 11.6. The van der Waals surface area contributed by atoms with Gasteiger partial charge in [-0.05, 0) is 52.2 Å². The molecule has 0 amide bonds. The number of rotatable bonds is 6. The molecule has 1 aromatic carbocycles.